The van der Waals surface area contributed by atoms with Crippen molar-refractivity contribution in [3.8, 4) is 6.07 Å². The molecular weight excluding hydrogens is 366 g/mol. The molecule has 0 aliphatic carbocycles. The van der Waals surface area contributed by atoms with Gasteiger partial charge >= 0.3 is 0 Å². The van der Waals surface area contributed by atoms with Gasteiger partial charge in [0, 0.05) is 36.3 Å². The van der Waals surface area contributed by atoms with Crippen LogP contribution < -0.4 is 10.2 Å². The second-order valence-electron chi connectivity index (χ2n) is 7.11. The van der Waals surface area contributed by atoms with Gasteiger partial charge in [0.05, 0.1) is 26.9 Å². The highest BCUT2D eigenvalue weighted by Crippen LogP contribution is 2.43. The number of hydrogen-bond acceptors (Lipinski definition) is 5. The lowest BCUT2D eigenvalue weighted by Gasteiger charge is -2.30. The van der Waals surface area contributed by atoms with Gasteiger partial charge in [0.2, 0.25) is 0 Å². The van der Waals surface area contributed by atoms with Crippen LogP contribution in [0.4, 0.5) is 5.69 Å². The molecule has 1 fully saturated rings. The third-order valence-corrected chi connectivity index (χ3v) is 6.74. The minimum absolute atomic E-state index is 0.678. The van der Waals surface area contributed by atoms with Crippen molar-refractivity contribution >= 4 is 54.0 Å². The standard InChI is InChI=1S/C22H17N5S/c23-13-15-19(26-11-9-24-10-12-26)21-20(14-5-1-4-8-18(14)28-21)27-17-7-3-2-6-16(17)25-22(15)27/h1-8,24H,9-12H2. The van der Waals surface area contributed by atoms with Crippen LogP contribution in [-0.2, 0) is 0 Å². The van der Waals surface area contributed by atoms with Crippen LogP contribution >= 0.6 is 11.3 Å². The van der Waals surface area contributed by atoms with Crippen molar-refractivity contribution in [2.24, 2.45) is 0 Å². The molecule has 0 saturated carbocycles. The molecule has 5 aromatic rings. The number of nitriles is 1. The molecule has 2 aromatic carbocycles. The maximum atomic E-state index is 10.2. The van der Waals surface area contributed by atoms with E-state index in [0.717, 1.165) is 54.1 Å². The number of imidazole rings is 1. The van der Waals surface area contributed by atoms with Crippen LogP contribution in [0.15, 0.2) is 48.5 Å². The molecule has 0 spiro atoms. The summed E-state index contributed by atoms with van der Waals surface area (Å²) in [7, 11) is 0. The van der Waals surface area contributed by atoms with Gasteiger partial charge in [-0.15, -0.1) is 11.3 Å². The molecule has 3 aromatic heterocycles. The topological polar surface area (TPSA) is 56.4 Å². The van der Waals surface area contributed by atoms with E-state index >= 15 is 0 Å². The minimum Gasteiger partial charge on any atom is -0.367 e. The van der Waals surface area contributed by atoms with E-state index < -0.39 is 0 Å². The first-order chi connectivity index (χ1) is 13.9. The number of nitrogens with zero attached hydrogens (tertiary/aromatic N) is 4. The number of fused-ring (bicyclic) bond motifs is 7. The summed E-state index contributed by atoms with van der Waals surface area (Å²) < 4.78 is 4.60. The molecule has 0 bridgehead atoms. The summed E-state index contributed by atoms with van der Waals surface area (Å²) in [6.45, 7) is 3.65. The lowest BCUT2D eigenvalue weighted by atomic mass is 10.1. The summed E-state index contributed by atoms with van der Waals surface area (Å²) >= 11 is 1.78. The number of hydrogen-bond donors (Lipinski definition) is 1. The Kier molecular flexibility index (Phi) is 3.36. The molecule has 6 rings (SSSR count). The van der Waals surface area contributed by atoms with Crippen LogP contribution in [0.2, 0.25) is 0 Å². The molecule has 0 unspecified atom stereocenters. The van der Waals surface area contributed by atoms with Gasteiger partial charge in [-0.25, -0.2) is 4.98 Å². The number of thiophene rings is 1. The van der Waals surface area contributed by atoms with Gasteiger partial charge in [0.15, 0.2) is 5.65 Å². The summed E-state index contributed by atoms with van der Waals surface area (Å²) in [6, 6.07) is 19.1. The Morgan fingerprint density at radius 1 is 1.04 bits per heavy atom. The first-order valence-corrected chi connectivity index (χ1v) is 10.3. The van der Waals surface area contributed by atoms with Gasteiger partial charge in [-0.1, -0.05) is 30.3 Å². The van der Waals surface area contributed by atoms with Crippen molar-refractivity contribution in [3.63, 3.8) is 0 Å². The first-order valence-electron chi connectivity index (χ1n) is 9.47. The molecule has 6 heteroatoms. The van der Waals surface area contributed by atoms with Gasteiger partial charge in [0.25, 0.3) is 0 Å². The number of pyridine rings is 1. The third-order valence-electron chi connectivity index (χ3n) is 5.57. The number of anilines is 1. The molecule has 4 heterocycles. The molecule has 1 N–H and O–H groups in total. The average Bonchev–Trinajstić information content (AvgIpc) is 3.31. The van der Waals surface area contributed by atoms with Crippen molar-refractivity contribution in [2.45, 2.75) is 0 Å². The summed E-state index contributed by atoms with van der Waals surface area (Å²) in [5.74, 6) is 0. The van der Waals surface area contributed by atoms with Crippen LogP contribution in [0.5, 0.6) is 0 Å². The van der Waals surface area contributed by atoms with Gasteiger partial charge in [0.1, 0.15) is 11.6 Å². The molecule has 1 aliphatic heterocycles. The van der Waals surface area contributed by atoms with E-state index in [1.165, 1.54) is 14.8 Å². The molecule has 0 amide bonds. The highest BCUT2D eigenvalue weighted by molar-refractivity contribution is 7.26. The number of aromatic nitrogens is 2. The lowest BCUT2D eigenvalue weighted by molar-refractivity contribution is 0.590. The van der Waals surface area contributed by atoms with Gasteiger partial charge < -0.3 is 10.2 Å². The Balaban J connectivity index is 1.89. The molecule has 28 heavy (non-hydrogen) atoms. The normalized spacial score (nSPS) is 15.0. The number of piperazine rings is 1. The Bertz CT molecular complexity index is 1420. The first kappa shape index (κ1) is 15.9. The summed E-state index contributed by atoms with van der Waals surface area (Å²) in [5, 5.41) is 14.8. The fourth-order valence-corrected chi connectivity index (χ4v) is 5.61. The predicted octanol–water partition coefficient (Wildman–Crippen LogP) is 4.14. The number of benzene rings is 2. The van der Waals surface area contributed by atoms with E-state index in [1.807, 2.05) is 18.2 Å². The molecular formula is C22H17N5S. The Morgan fingerprint density at radius 3 is 2.68 bits per heavy atom. The van der Waals surface area contributed by atoms with E-state index in [2.05, 4.69) is 51.0 Å². The second kappa shape index (κ2) is 5.93. The Labute approximate surface area is 165 Å². The van der Waals surface area contributed by atoms with Crippen LogP contribution in [-0.4, -0.2) is 35.6 Å². The van der Waals surface area contributed by atoms with Crippen molar-refractivity contribution in [3.05, 3.63) is 54.1 Å². The van der Waals surface area contributed by atoms with Gasteiger partial charge in [-0.3, -0.25) is 4.40 Å². The number of rotatable bonds is 1. The lowest BCUT2D eigenvalue weighted by Crippen LogP contribution is -2.44. The summed E-state index contributed by atoms with van der Waals surface area (Å²) in [4.78, 5) is 7.23. The average molecular weight is 383 g/mol. The SMILES string of the molecule is N#Cc1c(N2CCNCC2)c2sc3ccccc3c2n2c1nc1ccccc12. The zero-order valence-electron chi connectivity index (χ0n) is 15.1. The third kappa shape index (κ3) is 2.06. The summed E-state index contributed by atoms with van der Waals surface area (Å²) in [5.41, 5.74) is 5.62. The van der Waals surface area contributed by atoms with E-state index in [1.54, 1.807) is 11.3 Å². The molecule has 1 aliphatic rings. The summed E-state index contributed by atoms with van der Waals surface area (Å²) in [6.07, 6.45) is 0. The quantitative estimate of drug-likeness (QED) is 0.473. The molecule has 0 radical (unpaired) electrons. The zero-order chi connectivity index (χ0) is 18.7. The van der Waals surface area contributed by atoms with Crippen LogP contribution in [0, 0.1) is 11.3 Å². The Morgan fingerprint density at radius 2 is 1.82 bits per heavy atom. The van der Waals surface area contributed by atoms with E-state index in [-0.39, 0.29) is 0 Å². The van der Waals surface area contributed by atoms with Crippen molar-refractivity contribution in [1.29, 1.82) is 5.26 Å². The minimum atomic E-state index is 0.678. The van der Waals surface area contributed by atoms with Gasteiger partial charge in [-0.05, 0) is 18.2 Å². The smallest absolute Gasteiger partial charge is 0.158 e. The highest BCUT2D eigenvalue weighted by Gasteiger charge is 2.25. The zero-order valence-corrected chi connectivity index (χ0v) is 16.0. The van der Waals surface area contributed by atoms with Crippen LogP contribution in [0.25, 0.3) is 37.0 Å². The number of nitrogens with one attached hydrogen (secondary N) is 1. The fourth-order valence-electron chi connectivity index (χ4n) is 4.35. The van der Waals surface area contributed by atoms with Crippen molar-refractivity contribution in [1.82, 2.24) is 14.7 Å². The maximum absolute atomic E-state index is 10.2. The van der Waals surface area contributed by atoms with E-state index in [9.17, 15) is 5.26 Å². The molecule has 0 atom stereocenters. The van der Waals surface area contributed by atoms with Crippen molar-refractivity contribution < 1.29 is 0 Å². The van der Waals surface area contributed by atoms with E-state index in [0.29, 0.717) is 5.56 Å². The van der Waals surface area contributed by atoms with Gasteiger partial charge in [-0.2, -0.15) is 5.26 Å². The highest BCUT2D eigenvalue weighted by atomic mass is 32.1. The van der Waals surface area contributed by atoms with Crippen LogP contribution in [0.3, 0.4) is 0 Å². The van der Waals surface area contributed by atoms with E-state index in [4.69, 9.17) is 4.98 Å². The monoisotopic (exact) mass is 383 g/mol. The Hall–Kier alpha value is -3.14. The number of para-hydroxylation sites is 2. The molecule has 136 valence electrons. The maximum Gasteiger partial charge on any atom is 0.158 e. The molecule has 1 saturated heterocycles. The molecule has 5 nitrogen and oxygen atoms in total. The van der Waals surface area contributed by atoms with Crippen molar-refractivity contribution in [2.75, 3.05) is 31.1 Å². The predicted molar refractivity (Wildman–Crippen MR) is 115 cm³/mol. The van der Waals surface area contributed by atoms with Crippen LogP contribution in [0.1, 0.15) is 5.56 Å². The largest absolute Gasteiger partial charge is 0.367 e. The fraction of sp³-hybridized carbons (Fsp3) is 0.182. The second-order valence-corrected chi connectivity index (χ2v) is 8.16.